The van der Waals surface area contributed by atoms with Crippen molar-refractivity contribution in [3.63, 3.8) is 0 Å². The van der Waals surface area contributed by atoms with Gasteiger partial charge in [-0.1, -0.05) is 29.8 Å². The van der Waals surface area contributed by atoms with E-state index in [1.165, 1.54) is 24.3 Å². The summed E-state index contributed by atoms with van der Waals surface area (Å²) in [6, 6.07) is 13.3. The van der Waals surface area contributed by atoms with Gasteiger partial charge < -0.3 is 4.74 Å². The number of nitrogens with one attached hydrogen (secondary N) is 1. The van der Waals surface area contributed by atoms with E-state index < -0.39 is 16.0 Å². The van der Waals surface area contributed by atoms with Gasteiger partial charge in [0, 0.05) is 6.54 Å². The number of hydrogen-bond acceptors (Lipinski definition) is 4. The van der Waals surface area contributed by atoms with Gasteiger partial charge in [-0.05, 0) is 43.7 Å². The summed E-state index contributed by atoms with van der Waals surface area (Å²) >= 11 is 0. The molecule has 6 heteroatoms. The molecule has 0 bridgehead atoms. The summed E-state index contributed by atoms with van der Waals surface area (Å²) in [5, 5.41) is 0. The van der Waals surface area contributed by atoms with Crippen molar-refractivity contribution in [1.29, 1.82) is 0 Å². The van der Waals surface area contributed by atoms with Crippen molar-refractivity contribution in [2.75, 3.05) is 6.61 Å². The predicted molar refractivity (Wildman–Crippen MR) is 87.6 cm³/mol. The highest BCUT2D eigenvalue weighted by Gasteiger charge is 2.15. The SMILES string of the molecule is CCOC(=O)c1ccc(S(=O)(=O)NCc2ccc(C)cc2)cc1. The lowest BCUT2D eigenvalue weighted by molar-refractivity contribution is 0.0526. The summed E-state index contributed by atoms with van der Waals surface area (Å²) in [5.41, 5.74) is 2.32. The van der Waals surface area contributed by atoms with E-state index >= 15 is 0 Å². The van der Waals surface area contributed by atoms with Gasteiger partial charge >= 0.3 is 5.97 Å². The molecule has 0 aliphatic rings. The normalized spacial score (nSPS) is 11.2. The Balaban J connectivity index is 2.07. The van der Waals surface area contributed by atoms with Crippen LogP contribution in [0.1, 0.15) is 28.4 Å². The van der Waals surface area contributed by atoms with Crippen LogP contribution in [-0.2, 0) is 21.3 Å². The van der Waals surface area contributed by atoms with Gasteiger partial charge in [0.15, 0.2) is 0 Å². The largest absolute Gasteiger partial charge is 0.462 e. The minimum atomic E-state index is -3.63. The lowest BCUT2D eigenvalue weighted by Gasteiger charge is -2.08. The first kappa shape index (κ1) is 17.2. The molecule has 0 unspecified atom stereocenters. The van der Waals surface area contributed by atoms with Crippen LogP contribution in [0.5, 0.6) is 0 Å². The molecule has 0 saturated heterocycles. The molecule has 0 fully saturated rings. The molecule has 0 atom stereocenters. The minimum absolute atomic E-state index is 0.109. The molecule has 0 aliphatic carbocycles. The molecule has 0 spiro atoms. The Hall–Kier alpha value is -2.18. The van der Waals surface area contributed by atoms with E-state index in [-0.39, 0.29) is 18.0 Å². The van der Waals surface area contributed by atoms with E-state index in [9.17, 15) is 13.2 Å². The second kappa shape index (κ2) is 7.39. The van der Waals surface area contributed by atoms with Gasteiger partial charge in [0.2, 0.25) is 10.0 Å². The molecule has 0 aromatic heterocycles. The zero-order valence-electron chi connectivity index (χ0n) is 13.1. The summed E-state index contributed by atoms with van der Waals surface area (Å²) in [6.07, 6.45) is 0. The van der Waals surface area contributed by atoms with Crippen LogP contribution >= 0.6 is 0 Å². The van der Waals surface area contributed by atoms with Crippen LogP contribution in [0.25, 0.3) is 0 Å². The zero-order valence-corrected chi connectivity index (χ0v) is 13.9. The Morgan fingerprint density at radius 1 is 1.04 bits per heavy atom. The summed E-state index contributed by atoms with van der Waals surface area (Å²) in [7, 11) is -3.63. The number of carbonyl (C=O) groups excluding carboxylic acids is 1. The van der Waals surface area contributed by atoms with E-state index in [1.807, 2.05) is 31.2 Å². The van der Waals surface area contributed by atoms with Gasteiger partial charge in [0.05, 0.1) is 17.1 Å². The second-order valence-corrected chi connectivity index (χ2v) is 6.82. The fourth-order valence-corrected chi connectivity index (χ4v) is 2.97. The number of aryl methyl sites for hydroxylation is 1. The number of rotatable bonds is 6. The molecule has 2 aromatic carbocycles. The van der Waals surface area contributed by atoms with Gasteiger partial charge in [-0.2, -0.15) is 0 Å². The maximum absolute atomic E-state index is 12.3. The second-order valence-electron chi connectivity index (χ2n) is 5.05. The quantitative estimate of drug-likeness (QED) is 0.825. The van der Waals surface area contributed by atoms with Crippen molar-refractivity contribution in [2.45, 2.75) is 25.3 Å². The summed E-state index contributed by atoms with van der Waals surface area (Å²) in [4.78, 5) is 11.7. The summed E-state index contributed by atoms with van der Waals surface area (Å²) < 4.78 is 31.9. The van der Waals surface area contributed by atoms with Crippen molar-refractivity contribution < 1.29 is 17.9 Å². The average Bonchev–Trinajstić information content (AvgIpc) is 2.55. The minimum Gasteiger partial charge on any atom is -0.462 e. The van der Waals surface area contributed by atoms with Crippen molar-refractivity contribution in [3.05, 3.63) is 65.2 Å². The van der Waals surface area contributed by atoms with E-state index in [2.05, 4.69) is 4.72 Å². The molecule has 2 aromatic rings. The zero-order chi connectivity index (χ0) is 16.9. The first-order chi connectivity index (χ1) is 10.9. The maximum Gasteiger partial charge on any atom is 0.338 e. The molecule has 122 valence electrons. The molecular weight excluding hydrogens is 314 g/mol. The number of esters is 1. The average molecular weight is 333 g/mol. The number of sulfonamides is 1. The van der Waals surface area contributed by atoms with Crippen molar-refractivity contribution in [3.8, 4) is 0 Å². The fourth-order valence-electron chi connectivity index (χ4n) is 1.95. The molecule has 0 saturated carbocycles. The number of benzene rings is 2. The van der Waals surface area contributed by atoms with E-state index in [0.29, 0.717) is 5.56 Å². The van der Waals surface area contributed by atoms with Crippen molar-refractivity contribution in [2.24, 2.45) is 0 Å². The first-order valence-electron chi connectivity index (χ1n) is 7.25. The highest BCUT2D eigenvalue weighted by Crippen LogP contribution is 2.12. The smallest absolute Gasteiger partial charge is 0.338 e. The third kappa shape index (κ3) is 4.64. The van der Waals surface area contributed by atoms with Crippen LogP contribution in [0.15, 0.2) is 53.4 Å². The highest BCUT2D eigenvalue weighted by atomic mass is 32.2. The first-order valence-corrected chi connectivity index (χ1v) is 8.73. The fraction of sp³-hybridized carbons (Fsp3) is 0.235. The van der Waals surface area contributed by atoms with Crippen LogP contribution in [0.3, 0.4) is 0 Å². The summed E-state index contributed by atoms with van der Waals surface area (Å²) in [5.74, 6) is -0.468. The van der Waals surface area contributed by atoms with Gasteiger partial charge in [0.1, 0.15) is 0 Å². The molecule has 5 nitrogen and oxygen atoms in total. The standard InChI is InChI=1S/C17H19NO4S/c1-3-22-17(19)15-8-10-16(11-9-15)23(20,21)18-12-14-6-4-13(2)5-7-14/h4-11,18H,3,12H2,1-2H3. The van der Waals surface area contributed by atoms with Gasteiger partial charge in [0.25, 0.3) is 0 Å². The Bertz CT molecular complexity index is 765. The van der Waals surface area contributed by atoms with Crippen molar-refractivity contribution >= 4 is 16.0 Å². The van der Waals surface area contributed by atoms with E-state index in [0.717, 1.165) is 11.1 Å². The number of ether oxygens (including phenoxy) is 1. The topological polar surface area (TPSA) is 72.5 Å². The third-order valence-corrected chi connectivity index (χ3v) is 4.68. The van der Waals surface area contributed by atoms with Crippen LogP contribution < -0.4 is 4.72 Å². The van der Waals surface area contributed by atoms with Gasteiger partial charge in [-0.25, -0.2) is 17.9 Å². The lowest BCUT2D eigenvalue weighted by Crippen LogP contribution is -2.23. The lowest BCUT2D eigenvalue weighted by atomic mass is 10.2. The molecular formula is C17H19NO4S. The predicted octanol–water partition coefficient (Wildman–Crippen LogP) is 2.65. The van der Waals surface area contributed by atoms with Crippen LogP contribution in [0, 0.1) is 6.92 Å². The molecule has 0 aliphatic heterocycles. The Kier molecular flexibility index (Phi) is 5.52. The van der Waals surface area contributed by atoms with Gasteiger partial charge in [-0.3, -0.25) is 0 Å². The van der Waals surface area contributed by atoms with Crippen LogP contribution in [-0.4, -0.2) is 21.0 Å². The number of carbonyl (C=O) groups is 1. The van der Waals surface area contributed by atoms with Crippen molar-refractivity contribution in [1.82, 2.24) is 4.72 Å². The van der Waals surface area contributed by atoms with E-state index in [1.54, 1.807) is 6.92 Å². The monoisotopic (exact) mass is 333 g/mol. The Morgan fingerprint density at radius 3 is 2.22 bits per heavy atom. The molecule has 0 heterocycles. The Morgan fingerprint density at radius 2 is 1.65 bits per heavy atom. The molecule has 1 N–H and O–H groups in total. The number of hydrogen-bond donors (Lipinski definition) is 1. The van der Waals surface area contributed by atoms with E-state index in [4.69, 9.17) is 4.74 Å². The van der Waals surface area contributed by atoms with Crippen LogP contribution in [0.2, 0.25) is 0 Å². The van der Waals surface area contributed by atoms with Crippen LogP contribution in [0.4, 0.5) is 0 Å². The molecule has 2 rings (SSSR count). The molecule has 0 radical (unpaired) electrons. The maximum atomic E-state index is 12.3. The Labute approximate surface area is 136 Å². The van der Waals surface area contributed by atoms with Gasteiger partial charge in [-0.15, -0.1) is 0 Å². The molecule has 0 amide bonds. The third-order valence-electron chi connectivity index (χ3n) is 3.26. The summed E-state index contributed by atoms with van der Waals surface area (Å²) in [6.45, 7) is 4.17. The highest BCUT2D eigenvalue weighted by molar-refractivity contribution is 7.89. The molecule has 23 heavy (non-hydrogen) atoms.